The fourth-order valence-corrected chi connectivity index (χ4v) is 1.13. The van der Waals surface area contributed by atoms with Crippen LogP contribution in [0.3, 0.4) is 0 Å². The number of allylic oxidation sites excluding steroid dienone is 3. The van der Waals surface area contributed by atoms with Crippen molar-refractivity contribution in [2.24, 2.45) is 5.92 Å². The van der Waals surface area contributed by atoms with Crippen LogP contribution in [0.5, 0.6) is 0 Å². The summed E-state index contributed by atoms with van der Waals surface area (Å²) in [5, 5.41) is 0. The van der Waals surface area contributed by atoms with Gasteiger partial charge in [-0.25, -0.2) is 0 Å². The molecule has 0 aromatic rings. The number of hydrogen-bond donors (Lipinski definition) is 0. The lowest BCUT2D eigenvalue weighted by Gasteiger charge is -2.22. The quantitative estimate of drug-likeness (QED) is 0.579. The molecule has 0 bridgehead atoms. The van der Waals surface area contributed by atoms with Crippen LogP contribution < -0.4 is 0 Å². The van der Waals surface area contributed by atoms with E-state index in [2.05, 4.69) is 0 Å². The van der Waals surface area contributed by atoms with Crippen molar-refractivity contribution >= 4 is 5.97 Å². The first kappa shape index (κ1) is 10.0. The smallest absolute Gasteiger partial charge is 0.313 e. The summed E-state index contributed by atoms with van der Waals surface area (Å²) in [4.78, 5) is 11.5. The van der Waals surface area contributed by atoms with Gasteiger partial charge in [0.1, 0.15) is 5.60 Å². The molecular weight excluding hydrogens is 164 g/mol. The van der Waals surface area contributed by atoms with Crippen molar-refractivity contribution in [2.75, 3.05) is 0 Å². The lowest BCUT2D eigenvalue weighted by molar-refractivity contribution is -0.158. The van der Waals surface area contributed by atoms with Crippen LogP contribution in [0.4, 0.5) is 0 Å². The van der Waals surface area contributed by atoms with Gasteiger partial charge >= 0.3 is 5.97 Å². The Bertz CT molecular complexity index is 243. The monoisotopic (exact) mass is 180 g/mol. The summed E-state index contributed by atoms with van der Waals surface area (Å²) in [7, 11) is 0. The first-order valence-electron chi connectivity index (χ1n) is 4.55. The highest BCUT2D eigenvalue weighted by atomic mass is 16.6. The van der Waals surface area contributed by atoms with Gasteiger partial charge in [-0.1, -0.05) is 24.3 Å². The standard InChI is InChI=1S/C11H16O2/c1-11(2,3)13-10(12)9-7-5-4-6-8-9/h4-7,9H,8H2,1-3H3. The van der Waals surface area contributed by atoms with Crippen molar-refractivity contribution in [3.05, 3.63) is 24.3 Å². The minimum absolute atomic E-state index is 0.0933. The van der Waals surface area contributed by atoms with Crippen molar-refractivity contribution < 1.29 is 9.53 Å². The third-order valence-electron chi connectivity index (χ3n) is 1.69. The molecule has 0 spiro atoms. The van der Waals surface area contributed by atoms with Gasteiger partial charge in [0.25, 0.3) is 0 Å². The Hall–Kier alpha value is -1.05. The molecule has 2 nitrogen and oxygen atoms in total. The lowest BCUT2D eigenvalue weighted by atomic mass is 10.0. The minimum atomic E-state index is -0.383. The fourth-order valence-electron chi connectivity index (χ4n) is 1.13. The second-order valence-electron chi connectivity index (χ2n) is 4.19. The molecule has 0 fully saturated rings. The number of carbonyl (C=O) groups excluding carboxylic acids is 1. The zero-order chi connectivity index (χ0) is 9.90. The van der Waals surface area contributed by atoms with Gasteiger partial charge in [0.2, 0.25) is 0 Å². The molecule has 0 aliphatic heterocycles. The normalized spacial score (nSPS) is 21.6. The molecule has 0 aromatic carbocycles. The molecule has 0 radical (unpaired) electrons. The zero-order valence-electron chi connectivity index (χ0n) is 8.41. The van der Waals surface area contributed by atoms with Crippen molar-refractivity contribution in [1.29, 1.82) is 0 Å². The Morgan fingerprint density at radius 3 is 2.54 bits per heavy atom. The van der Waals surface area contributed by atoms with Crippen molar-refractivity contribution in [3.8, 4) is 0 Å². The lowest BCUT2D eigenvalue weighted by Crippen LogP contribution is -2.28. The summed E-state index contributed by atoms with van der Waals surface area (Å²) in [5.74, 6) is -0.225. The summed E-state index contributed by atoms with van der Waals surface area (Å²) in [6.07, 6.45) is 8.45. The summed E-state index contributed by atoms with van der Waals surface area (Å²) < 4.78 is 5.25. The third kappa shape index (κ3) is 3.45. The van der Waals surface area contributed by atoms with E-state index in [4.69, 9.17) is 4.74 Å². The molecule has 72 valence electrons. The van der Waals surface area contributed by atoms with Gasteiger partial charge in [0.05, 0.1) is 5.92 Å². The van der Waals surface area contributed by atoms with E-state index in [-0.39, 0.29) is 17.5 Å². The third-order valence-corrected chi connectivity index (χ3v) is 1.69. The second kappa shape index (κ2) is 3.77. The van der Waals surface area contributed by atoms with Crippen molar-refractivity contribution in [2.45, 2.75) is 32.8 Å². The number of rotatable bonds is 1. The van der Waals surface area contributed by atoms with Gasteiger partial charge in [-0.3, -0.25) is 4.79 Å². The summed E-state index contributed by atoms with van der Waals surface area (Å²) in [6.45, 7) is 5.65. The van der Waals surface area contributed by atoms with Crippen LogP contribution >= 0.6 is 0 Å². The van der Waals surface area contributed by atoms with E-state index in [1.54, 1.807) is 0 Å². The Labute approximate surface area is 79.3 Å². The van der Waals surface area contributed by atoms with Gasteiger partial charge in [-0.05, 0) is 27.2 Å². The molecule has 0 saturated carbocycles. The van der Waals surface area contributed by atoms with Gasteiger partial charge in [-0.15, -0.1) is 0 Å². The van der Waals surface area contributed by atoms with Gasteiger partial charge in [0, 0.05) is 0 Å². The van der Waals surface area contributed by atoms with Crippen molar-refractivity contribution in [3.63, 3.8) is 0 Å². The van der Waals surface area contributed by atoms with Gasteiger partial charge < -0.3 is 4.74 Å². The summed E-state index contributed by atoms with van der Waals surface area (Å²) >= 11 is 0. The predicted molar refractivity (Wildman–Crippen MR) is 52.2 cm³/mol. The largest absolute Gasteiger partial charge is 0.460 e. The molecule has 1 aliphatic carbocycles. The molecule has 1 atom stereocenters. The Morgan fingerprint density at radius 1 is 1.38 bits per heavy atom. The van der Waals surface area contributed by atoms with E-state index in [0.29, 0.717) is 0 Å². The highest BCUT2D eigenvalue weighted by molar-refractivity contribution is 5.75. The highest BCUT2D eigenvalue weighted by Gasteiger charge is 2.22. The van der Waals surface area contributed by atoms with Gasteiger partial charge in [0.15, 0.2) is 0 Å². The Kier molecular flexibility index (Phi) is 2.91. The van der Waals surface area contributed by atoms with Crippen LogP contribution in [-0.2, 0) is 9.53 Å². The molecule has 0 saturated heterocycles. The van der Waals surface area contributed by atoms with Crippen LogP contribution in [0.25, 0.3) is 0 Å². The molecule has 0 heterocycles. The molecule has 0 amide bonds. The fraction of sp³-hybridized carbons (Fsp3) is 0.545. The molecule has 2 heteroatoms. The maximum absolute atomic E-state index is 11.5. The van der Waals surface area contributed by atoms with E-state index >= 15 is 0 Å². The Balaban J connectivity index is 2.49. The van der Waals surface area contributed by atoms with Crippen LogP contribution in [0.2, 0.25) is 0 Å². The molecule has 0 aromatic heterocycles. The Morgan fingerprint density at radius 2 is 2.08 bits per heavy atom. The maximum Gasteiger partial charge on any atom is 0.313 e. The molecule has 1 aliphatic rings. The zero-order valence-corrected chi connectivity index (χ0v) is 8.41. The van der Waals surface area contributed by atoms with Gasteiger partial charge in [-0.2, -0.15) is 0 Å². The van der Waals surface area contributed by atoms with E-state index in [9.17, 15) is 4.79 Å². The summed E-state index contributed by atoms with van der Waals surface area (Å²) in [6, 6.07) is 0. The number of carbonyl (C=O) groups is 1. The van der Waals surface area contributed by atoms with E-state index in [1.165, 1.54) is 0 Å². The van der Waals surface area contributed by atoms with E-state index in [0.717, 1.165) is 6.42 Å². The molecule has 13 heavy (non-hydrogen) atoms. The van der Waals surface area contributed by atoms with Crippen LogP contribution in [-0.4, -0.2) is 11.6 Å². The maximum atomic E-state index is 11.5. The van der Waals surface area contributed by atoms with Crippen LogP contribution in [0.15, 0.2) is 24.3 Å². The number of esters is 1. The molecule has 1 unspecified atom stereocenters. The second-order valence-corrected chi connectivity index (χ2v) is 4.19. The number of ether oxygens (including phenoxy) is 1. The van der Waals surface area contributed by atoms with Crippen LogP contribution in [0, 0.1) is 5.92 Å². The topological polar surface area (TPSA) is 26.3 Å². The first-order valence-corrected chi connectivity index (χ1v) is 4.55. The van der Waals surface area contributed by atoms with Crippen LogP contribution in [0.1, 0.15) is 27.2 Å². The van der Waals surface area contributed by atoms with E-state index < -0.39 is 0 Å². The SMILES string of the molecule is CC(C)(C)OC(=O)C1C=CC=CC1. The summed E-state index contributed by atoms with van der Waals surface area (Å²) in [5.41, 5.74) is -0.383. The first-order chi connectivity index (χ1) is 5.99. The average molecular weight is 180 g/mol. The molecular formula is C11H16O2. The van der Waals surface area contributed by atoms with E-state index in [1.807, 2.05) is 45.1 Å². The predicted octanol–water partition coefficient (Wildman–Crippen LogP) is 2.46. The highest BCUT2D eigenvalue weighted by Crippen LogP contribution is 2.17. The molecule has 1 rings (SSSR count). The number of hydrogen-bond acceptors (Lipinski definition) is 2. The molecule has 0 N–H and O–H groups in total. The average Bonchev–Trinajstić information content (AvgIpc) is 2.03. The van der Waals surface area contributed by atoms with Crippen molar-refractivity contribution in [1.82, 2.24) is 0 Å². The minimum Gasteiger partial charge on any atom is -0.460 e.